The lowest BCUT2D eigenvalue weighted by molar-refractivity contribution is 0.0690. The molecule has 0 aliphatic carbocycles. The maximum absolute atomic E-state index is 10.5. The second-order valence-corrected chi connectivity index (χ2v) is 4.12. The van der Waals surface area contributed by atoms with E-state index in [1.165, 1.54) is 6.07 Å². The quantitative estimate of drug-likeness (QED) is 0.481. The fourth-order valence-corrected chi connectivity index (χ4v) is 1.94. The van der Waals surface area contributed by atoms with Gasteiger partial charge in [-0.15, -0.1) is 23.4 Å². The number of hydrogen-bond acceptors (Lipinski definition) is 3. The normalized spacial score (nSPS) is 10.1. The third-order valence-electron chi connectivity index (χ3n) is 1.50. The van der Waals surface area contributed by atoms with Gasteiger partial charge in [0.05, 0.1) is 0 Å². The summed E-state index contributed by atoms with van der Waals surface area (Å²) in [6.07, 6.45) is 2.51. The van der Waals surface area contributed by atoms with E-state index >= 15 is 0 Å². The molecule has 0 spiro atoms. The first-order valence-electron chi connectivity index (χ1n) is 4.12. The van der Waals surface area contributed by atoms with Gasteiger partial charge < -0.3 is 5.11 Å². The fourth-order valence-electron chi connectivity index (χ4n) is 0.837. The molecule has 3 nitrogen and oxygen atoms in total. The van der Waals surface area contributed by atoms with Crippen LogP contribution in [0.4, 0.5) is 0 Å². The van der Waals surface area contributed by atoms with Gasteiger partial charge in [0.1, 0.15) is 5.69 Å². The molecule has 0 saturated heterocycles. The van der Waals surface area contributed by atoms with Crippen LogP contribution in [0, 0.1) is 0 Å². The number of nitrogens with zero attached hydrogens (tertiary/aromatic N) is 1. The van der Waals surface area contributed by atoms with Gasteiger partial charge in [0.15, 0.2) is 0 Å². The van der Waals surface area contributed by atoms with E-state index in [4.69, 9.17) is 16.7 Å². The summed E-state index contributed by atoms with van der Waals surface area (Å²) in [6, 6.07) is 3.26. The van der Waals surface area contributed by atoms with Crippen LogP contribution in [-0.2, 0) is 0 Å². The predicted molar refractivity (Wildman–Crippen MR) is 57.3 cm³/mol. The Hall–Kier alpha value is -0.740. The molecule has 1 rings (SSSR count). The predicted octanol–water partition coefficient (Wildman–Crippen LogP) is 2.50. The molecular formula is C9H10ClNO2S. The first-order chi connectivity index (χ1) is 6.74. The van der Waals surface area contributed by atoms with E-state index < -0.39 is 5.97 Å². The largest absolute Gasteiger partial charge is 0.477 e. The number of carboxylic acid groups (broad SMARTS) is 1. The number of aromatic nitrogens is 1. The number of alkyl halides is 1. The van der Waals surface area contributed by atoms with Crippen molar-refractivity contribution in [1.29, 1.82) is 0 Å². The maximum atomic E-state index is 10.5. The second kappa shape index (κ2) is 5.88. The van der Waals surface area contributed by atoms with Gasteiger partial charge in [-0.05, 0) is 24.3 Å². The average Bonchev–Trinajstić information content (AvgIpc) is 2.19. The van der Waals surface area contributed by atoms with Crippen LogP contribution in [0.15, 0.2) is 23.2 Å². The Bertz CT molecular complexity index is 302. The van der Waals surface area contributed by atoms with Crippen LogP contribution in [0.1, 0.15) is 16.9 Å². The number of aromatic carboxylic acids is 1. The molecule has 1 heterocycles. The van der Waals surface area contributed by atoms with Crippen LogP contribution in [0.25, 0.3) is 0 Å². The Morgan fingerprint density at radius 1 is 1.57 bits per heavy atom. The van der Waals surface area contributed by atoms with Gasteiger partial charge in [0, 0.05) is 17.0 Å². The summed E-state index contributed by atoms with van der Waals surface area (Å²) in [7, 11) is 0. The van der Waals surface area contributed by atoms with Crippen molar-refractivity contribution in [2.24, 2.45) is 0 Å². The Kier molecular flexibility index (Phi) is 4.76. The third kappa shape index (κ3) is 3.55. The van der Waals surface area contributed by atoms with E-state index in [2.05, 4.69) is 4.98 Å². The third-order valence-corrected chi connectivity index (χ3v) is 2.84. The highest BCUT2D eigenvalue weighted by molar-refractivity contribution is 7.99. The molecule has 0 radical (unpaired) electrons. The summed E-state index contributed by atoms with van der Waals surface area (Å²) in [5.41, 5.74) is 0.0756. The molecule has 5 heteroatoms. The van der Waals surface area contributed by atoms with Gasteiger partial charge in [-0.25, -0.2) is 9.78 Å². The van der Waals surface area contributed by atoms with Gasteiger partial charge in [0.2, 0.25) is 0 Å². The molecule has 76 valence electrons. The van der Waals surface area contributed by atoms with Crippen LogP contribution in [0.5, 0.6) is 0 Å². The highest BCUT2D eigenvalue weighted by atomic mass is 35.5. The topological polar surface area (TPSA) is 50.2 Å². The Labute approximate surface area is 91.5 Å². The summed E-state index contributed by atoms with van der Waals surface area (Å²) in [6.45, 7) is 0. The fraction of sp³-hybridized carbons (Fsp3) is 0.333. The first kappa shape index (κ1) is 11.3. The first-order valence-corrected chi connectivity index (χ1v) is 5.64. The van der Waals surface area contributed by atoms with Crippen LogP contribution in [-0.4, -0.2) is 27.7 Å². The van der Waals surface area contributed by atoms with Crippen LogP contribution >= 0.6 is 23.4 Å². The second-order valence-electron chi connectivity index (χ2n) is 2.58. The standard InChI is InChI=1S/C9H10ClNO2S/c10-4-1-5-14-7-2-3-8(9(12)13)11-6-7/h2-3,6H,1,4-5H2,(H,12,13). The van der Waals surface area contributed by atoms with Crippen LogP contribution < -0.4 is 0 Å². The molecule has 1 aromatic heterocycles. The van der Waals surface area contributed by atoms with E-state index in [-0.39, 0.29) is 5.69 Å². The van der Waals surface area contributed by atoms with Crippen molar-refractivity contribution >= 4 is 29.3 Å². The van der Waals surface area contributed by atoms with Crippen molar-refractivity contribution in [2.75, 3.05) is 11.6 Å². The summed E-state index contributed by atoms with van der Waals surface area (Å²) in [5.74, 6) is 0.577. The number of carboxylic acids is 1. The molecule has 0 unspecified atom stereocenters. The lowest BCUT2D eigenvalue weighted by atomic mass is 10.4. The van der Waals surface area contributed by atoms with Crippen LogP contribution in [0.2, 0.25) is 0 Å². The molecule has 0 amide bonds. The summed E-state index contributed by atoms with van der Waals surface area (Å²) in [4.78, 5) is 15.3. The van der Waals surface area contributed by atoms with E-state index in [0.717, 1.165) is 17.1 Å². The number of rotatable bonds is 5. The zero-order chi connectivity index (χ0) is 10.4. The van der Waals surface area contributed by atoms with E-state index in [9.17, 15) is 4.79 Å². The van der Waals surface area contributed by atoms with Crippen molar-refractivity contribution in [3.63, 3.8) is 0 Å². The number of carbonyl (C=O) groups is 1. The molecule has 1 aromatic rings. The molecule has 0 fully saturated rings. The van der Waals surface area contributed by atoms with Crippen LogP contribution in [0.3, 0.4) is 0 Å². The highest BCUT2D eigenvalue weighted by Crippen LogP contribution is 2.17. The maximum Gasteiger partial charge on any atom is 0.354 e. The number of pyridine rings is 1. The number of hydrogen-bond donors (Lipinski definition) is 1. The Balaban J connectivity index is 2.51. The van der Waals surface area contributed by atoms with E-state index in [0.29, 0.717) is 5.88 Å². The van der Waals surface area contributed by atoms with Crippen molar-refractivity contribution in [3.05, 3.63) is 24.0 Å². The minimum absolute atomic E-state index is 0.0756. The summed E-state index contributed by atoms with van der Waals surface area (Å²) < 4.78 is 0. The van der Waals surface area contributed by atoms with E-state index in [1.54, 1.807) is 24.0 Å². The number of thioether (sulfide) groups is 1. The molecule has 0 saturated carbocycles. The molecule has 14 heavy (non-hydrogen) atoms. The molecule has 1 N–H and O–H groups in total. The molecule has 0 bridgehead atoms. The van der Waals surface area contributed by atoms with Gasteiger partial charge in [0.25, 0.3) is 0 Å². The van der Waals surface area contributed by atoms with Gasteiger partial charge >= 0.3 is 5.97 Å². The summed E-state index contributed by atoms with van der Waals surface area (Å²) in [5, 5.41) is 8.60. The smallest absolute Gasteiger partial charge is 0.354 e. The van der Waals surface area contributed by atoms with Crippen molar-refractivity contribution < 1.29 is 9.90 Å². The minimum atomic E-state index is -0.998. The highest BCUT2D eigenvalue weighted by Gasteiger charge is 2.03. The zero-order valence-corrected chi connectivity index (χ0v) is 9.01. The lowest BCUT2D eigenvalue weighted by Crippen LogP contribution is -1.98. The molecule has 0 aromatic carbocycles. The zero-order valence-electron chi connectivity index (χ0n) is 7.44. The van der Waals surface area contributed by atoms with Crippen molar-refractivity contribution in [2.45, 2.75) is 11.3 Å². The lowest BCUT2D eigenvalue weighted by Gasteiger charge is -1.99. The monoisotopic (exact) mass is 231 g/mol. The average molecular weight is 232 g/mol. The molecule has 0 aliphatic heterocycles. The summed E-state index contributed by atoms with van der Waals surface area (Å²) >= 11 is 7.15. The Morgan fingerprint density at radius 3 is 2.86 bits per heavy atom. The van der Waals surface area contributed by atoms with Crippen molar-refractivity contribution in [1.82, 2.24) is 4.98 Å². The van der Waals surface area contributed by atoms with Gasteiger partial charge in [-0.2, -0.15) is 0 Å². The van der Waals surface area contributed by atoms with Gasteiger partial charge in [-0.1, -0.05) is 0 Å². The molecular weight excluding hydrogens is 222 g/mol. The number of halogens is 1. The van der Waals surface area contributed by atoms with E-state index in [1.807, 2.05) is 0 Å². The Morgan fingerprint density at radius 2 is 2.36 bits per heavy atom. The minimum Gasteiger partial charge on any atom is -0.477 e. The SMILES string of the molecule is O=C(O)c1ccc(SCCCCl)cn1. The molecule has 0 atom stereocenters. The molecule has 0 aliphatic rings. The van der Waals surface area contributed by atoms with Gasteiger partial charge in [-0.3, -0.25) is 0 Å². The van der Waals surface area contributed by atoms with Crippen molar-refractivity contribution in [3.8, 4) is 0 Å².